The normalized spacial score (nSPS) is 16.1. The summed E-state index contributed by atoms with van der Waals surface area (Å²) in [5.41, 5.74) is 5.38. The Hall–Kier alpha value is -1.63. The first-order chi connectivity index (χ1) is 9.77. The smallest absolute Gasteiger partial charge is 0.113 e. The molecule has 0 N–H and O–H groups in total. The molecule has 1 unspecified atom stereocenters. The summed E-state index contributed by atoms with van der Waals surface area (Å²) < 4.78 is 2.42. The first kappa shape index (κ1) is 14.3. The first-order valence-electron chi connectivity index (χ1n) is 7.14. The summed E-state index contributed by atoms with van der Waals surface area (Å²) in [6.45, 7) is 4.54. The molecule has 2 heteroatoms. The number of pyridine rings is 1. The van der Waals surface area contributed by atoms with Gasteiger partial charge in [0.25, 0.3) is 0 Å². The van der Waals surface area contributed by atoms with Crippen molar-refractivity contribution in [2.24, 2.45) is 0 Å². The maximum absolute atomic E-state index is 2.42. The third-order valence-corrected chi connectivity index (χ3v) is 4.52. The van der Waals surface area contributed by atoms with Crippen LogP contribution in [0.25, 0.3) is 22.2 Å². The predicted octanol–water partition coefficient (Wildman–Crippen LogP) is 4.31. The van der Waals surface area contributed by atoms with Gasteiger partial charge in [-0.2, -0.15) is 0 Å². The number of hydrogen-bond acceptors (Lipinski definition) is 0. The van der Waals surface area contributed by atoms with Gasteiger partial charge in [0.2, 0.25) is 0 Å². The fraction of sp³-hybridized carbons (Fsp3) is 0.158. The second-order valence-electron chi connectivity index (χ2n) is 5.56. The van der Waals surface area contributed by atoms with E-state index in [-0.39, 0.29) is 20.1 Å². The van der Waals surface area contributed by atoms with Crippen LogP contribution < -0.4 is 4.57 Å². The van der Waals surface area contributed by atoms with Crippen LogP contribution in [0.2, 0.25) is 0 Å². The van der Waals surface area contributed by atoms with Gasteiger partial charge in [0, 0.05) is 26.0 Å². The molecule has 0 spiro atoms. The van der Waals surface area contributed by atoms with E-state index in [9.17, 15) is 0 Å². The molecule has 2 heterocycles. The van der Waals surface area contributed by atoms with Crippen molar-refractivity contribution in [3.05, 3.63) is 72.3 Å². The second kappa shape index (κ2) is 5.29. The van der Waals surface area contributed by atoms with Gasteiger partial charge in [-0.3, -0.25) is 0 Å². The number of aromatic nitrogens is 1. The van der Waals surface area contributed by atoms with Gasteiger partial charge in [0.1, 0.15) is 11.2 Å². The van der Waals surface area contributed by atoms with Gasteiger partial charge in [-0.1, -0.05) is 55.5 Å². The standard InChI is InChI=1S/C19H17N.Ir/c1-13-14(2)20-18-10-6-3-7-15(18)11-12-19(20)17-9-5-4-8-16(13)17;/h3-13H,1-2H3;. The van der Waals surface area contributed by atoms with Crippen molar-refractivity contribution in [3.63, 3.8) is 0 Å². The molecule has 0 bridgehead atoms. The Morgan fingerprint density at radius 2 is 1.62 bits per heavy atom. The summed E-state index contributed by atoms with van der Waals surface area (Å²) in [6.07, 6.45) is 0. The number of nitrogens with zero attached hydrogens (tertiary/aromatic N) is 1. The summed E-state index contributed by atoms with van der Waals surface area (Å²) in [7, 11) is 0. The summed E-state index contributed by atoms with van der Waals surface area (Å²) in [4.78, 5) is 0. The second-order valence-corrected chi connectivity index (χ2v) is 5.56. The SMILES string of the molecule is C[C-]1C(C)c2ccccc2-c2ccc3ccccc3[n+]21.[Ir]. The Morgan fingerprint density at radius 3 is 2.48 bits per heavy atom. The Bertz CT molecular complexity index is 810. The summed E-state index contributed by atoms with van der Waals surface area (Å²) in [5.74, 6) is 0.453. The van der Waals surface area contributed by atoms with Crippen molar-refractivity contribution in [2.75, 3.05) is 0 Å². The van der Waals surface area contributed by atoms with Gasteiger partial charge in [-0.05, 0) is 35.6 Å². The number of rotatable bonds is 0. The van der Waals surface area contributed by atoms with Crippen LogP contribution in [0.3, 0.4) is 0 Å². The van der Waals surface area contributed by atoms with Crippen LogP contribution in [0.15, 0.2) is 60.7 Å². The maximum atomic E-state index is 2.42. The van der Waals surface area contributed by atoms with E-state index in [4.69, 9.17) is 0 Å². The van der Waals surface area contributed by atoms with Crippen LogP contribution in [0, 0.1) is 6.04 Å². The number of fused-ring (bicyclic) bond motifs is 5. The zero-order valence-corrected chi connectivity index (χ0v) is 14.5. The molecule has 0 amide bonds. The number of para-hydroxylation sites is 1. The fourth-order valence-electron chi connectivity index (χ4n) is 3.32. The Morgan fingerprint density at radius 1 is 0.905 bits per heavy atom. The Kier molecular flexibility index (Phi) is 3.60. The predicted molar refractivity (Wildman–Crippen MR) is 82.3 cm³/mol. The van der Waals surface area contributed by atoms with E-state index in [2.05, 4.69) is 79.1 Å². The molecular formula is C19H17IrN. The molecule has 1 aliphatic rings. The van der Waals surface area contributed by atoms with Crippen molar-refractivity contribution >= 4 is 10.9 Å². The third kappa shape index (κ3) is 2.02. The fourth-order valence-corrected chi connectivity index (χ4v) is 3.32. The summed E-state index contributed by atoms with van der Waals surface area (Å²) in [6, 6.07) is 23.2. The van der Waals surface area contributed by atoms with Crippen molar-refractivity contribution in [3.8, 4) is 11.3 Å². The monoisotopic (exact) mass is 452 g/mol. The van der Waals surface area contributed by atoms with Crippen LogP contribution in [-0.4, -0.2) is 0 Å². The molecule has 3 aromatic rings. The quantitative estimate of drug-likeness (QED) is 0.354. The number of benzene rings is 2. The molecule has 1 aliphatic heterocycles. The zero-order valence-electron chi connectivity index (χ0n) is 12.1. The molecule has 0 aliphatic carbocycles. The van der Waals surface area contributed by atoms with Gasteiger partial charge in [-0.15, -0.1) is 0 Å². The molecule has 21 heavy (non-hydrogen) atoms. The van der Waals surface area contributed by atoms with E-state index in [1.165, 1.54) is 33.8 Å². The third-order valence-electron chi connectivity index (χ3n) is 4.52. The first-order valence-corrected chi connectivity index (χ1v) is 7.14. The minimum Gasteiger partial charge on any atom is -0.321 e. The van der Waals surface area contributed by atoms with Crippen LogP contribution in [0.1, 0.15) is 25.3 Å². The van der Waals surface area contributed by atoms with E-state index < -0.39 is 0 Å². The maximum Gasteiger partial charge on any atom is 0.113 e. The van der Waals surface area contributed by atoms with Crippen LogP contribution >= 0.6 is 0 Å². The topological polar surface area (TPSA) is 3.88 Å². The minimum absolute atomic E-state index is 0. The number of hydrogen-bond donors (Lipinski definition) is 0. The average Bonchev–Trinajstić information content (AvgIpc) is 2.51. The summed E-state index contributed by atoms with van der Waals surface area (Å²) in [5, 5.41) is 1.29. The van der Waals surface area contributed by atoms with E-state index >= 15 is 0 Å². The summed E-state index contributed by atoms with van der Waals surface area (Å²) >= 11 is 0. The van der Waals surface area contributed by atoms with Crippen molar-refractivity contribution < 1.29 is 24.7 Å². The molecule has 1 nitrogen and oxygen atoms in total. The molecule has 1 aromatic heterocycles. The van der Waals surface area contributed by atoms with Crippen LogP contribution in [0.5, 0.6) is 0 Å². The molecule has 107 valence electrons. The molecular weight excluding hydrogens is 434 g/mol. The molecule has 0 saturated heterocycles. The van der Waals surface area contributed by atoms with E-state index in [0.29, 0.717) is 5.92 Å². The van der Waals surface area contributed by atoms with Crippen molar-refractivity contribution in [2.45, 2.75) is 19.8 Å². The van der Waals surface area contributed by atoms with Crippen molar-refractivity contribution in [1.29, 1.82) is 0 Å². The van der Waals surface area contributed by atoms with Gasteiger partial charge >= 0.3 is 0 Å². The van der Waals surface area contributed by atoms with Gasteiger partial charge in [0.15, 0.2) is 0 Å². The van der Waals surface area contributed by atoms with Crippen LogP contribution in [0.4, 0.5) is 0 Å². The molecule has 0 saturated carbocycles. The molecule has 2 aromatic carbocycles. The Balaban J connectivity index is 0.00000132. The van der Waals surface area contributed by atoms with Gasteiger partial charge < -0.3 is 4.57 Å². The minimum atomic E-state index is 0. The Labute approximate surface area is 139 Å². The van der Waals surface area contributed by atoms with Crippen molar-refractivity contribution in [1.82, 2.24) is 0 Å². The molecule has 0 fully saturated rings. The average molecular weight is 452 g/mol. The van der Waals surface area contributed by atoms with E-state index in [0.717, 1.165) is 0 Å². The van der Waals surface area contributed by atoms with E-state index in [1.807, 2.05) is 0 Å². The molecule has 1 radical (unpaired) electrons. The van der Waals surface area contributed by atoms with Gasteiger partial charge in [-0.25, -0.2) is 0 Å². The van der Waals surface area contributed by atoms with Crippen LogP contribution in [-0.2, 0) is 20.1 Å². The van der Waals surface area contributed by atoms with E-state index in [1.54, 1.807) is 0 Å². The van der Waals surface area contributed by atoms with Gasteiger partial charge in [0.05, 0.1) is 6.04 Å². The molecule has 1 atom stereocenters. The largest absolute Gasteiger partial charge is 0.321 e. The zero-order chi connectivity index (χ0) is 13.7. The molecule has 4 rings (SSSR count).